The minimum Gasteiger partial charge on any atom is -0.469 e. The summed E-state index contributed by atoms with van der Waals surface area (Å²) in [5, 5.41) is 2.61. The number of rotatable bonds is 8. The van der Waals surface area contributed by atoms with Crippen LogP contribution in [-0.4, -0.2) is 43.4 Å². The Morgan fingerprint density at radius 3 is 2.30 bits per heavy atom. The first-order valence-corrected chi connectivity index (χ1v) is 7.50. The van der Waals surface area contributed by atoms with E-state index >= 15 is 0 Å². The highest BCUT2D eigenvalue weighted by Crippen LogP contribution is 2.12. The Hall–Kier alpha value is -2.05. The van der Waals surface area contributed by atoms with Crippen LogP contribution in [0, 0.1) is 0 Å². The van der Waals surface area contributed by atoms with E-state index in [1.165, 1.54) is 7.11 Å². The number of hydrogen-bond donors (Lipinski definition) is 1. The molecule has 23 heavy (non-hydrogen) atoms. The Kier molecular flexibility index (Phi) is 8.98. The number of alkyl carbamates (subject to hydrolysis) is 1. The third kappa shape index (κ3) is 10.3. The molecule has 0 aliphatic carbocycles. The van der Waals surface area contributed by atoms with Crippen LogP contribution in [0.4, 0.5) is 4.79 Å². The number of hydrogen-bond acceptors (Lipinski definition) is 6. The van der Waals surface area contributed by atoms with Crippen molar-refractivity contribution in [1.29, 1.82) is 0 Å². The molecular weight excluding hydrogens is 302 g/mol. The van der Waals surface area contributed by atoms with Gasteiger partial charge in [-0.3, -0.25) is 4.79 Å². The van der Waals surface area contributed by atoms with Gasteiger partial charge in [-0.25, -0.2) is 9.59 Å². The molecule has 1 N–H and O–H groups in total. The van der Waals surface area contributed by atoms with Gasteiger partial charge in [-0.1, -0.05) is 6.58 Å². The summed E-state index contributed by atoms with van der Waals surface area (Å²) in [7, 11) is 1.27. The van der Waals surface area contributed by atoms with Crippen molar-refractivity contribution in [3.05, 3.63) is 12.2 Å². The van der Waals surface area contributed by atoms with Gasteiger partial charge >= 0.3 is 18.0 Å². The van der Waals surface area contributed by atoms with Gasteiger partial charge in [0.05, 0.1) is 20.1 Å². The molecule has 0 radical (unpaired) electrons. The van der Waals surface area contributed by atoms with E-state index in [9.17, 15) is 14.4 Å². The molecule has 0 aromatic rings. The third-order valence-electron chi connectivity index (χ3n) is 2.72. The number of esters is 2. The summed E-state index contributed by atoms with van der Waals surface area (Å²) in [5.74, 6) is -0.950. The van der Waals surface area contributed by atoms with Crippen LogP contribution >= 0.6 is 0 Å². The van der Waals surface area contributed by atoms with Gasteiger partial charge in [0.15, 0.2) is 0 Å². The molecular formula is C16H27NO6. The Morgan fingerprint density at radius 1 is 1.22 bits per heavy atom. The van der Waals surface area contributed by atoms with Crippen molar-refractivity contribution in [2.24, 2.45) is 0 Å². The van der Waals surface area contributed by atoms with E-state index in [0.29, 0.717) is 6.42 Å². The van der Waals surface area contributed by atoms with E-state index in [-0.39, 0.29) is 25.0 Å². The van der Waals surface area contributed by atoms with Gasteiger partial charge in [0, 0.05) is 11.6 Å². The van der Waals surface area contributed by atoms with Gasteiger partial charge in [0.2, 0.25) is 0 Å². The van der Waals surface area contributed by atoms with Crippen LogP contribution in [0.2, 0.25) is 0 Å². The second-order valence-electron chi connectivity index (χ2n) is 5.99. The average molecular weight is 329 g/mol. The molecule has 0 unspecified atom stereocenters. The van der Waals surface area contributed by atoms with Crippen LogP contribution in [0.25, 0.3) is 0 Å². The summed E-state index contributed by atoms with van der Waals surface area (Å²) in [4.78, 5) is 34.8. The summed E-state index contributed by atoms with van der Waals surface area (Å²) >= 11 is 0. The molecule has 0 fully saturated rings. The van der Waals surface area contributed by atoms with Crippen molar-refractivity contribution in [3.63, 3.8) is 0 Å². The van der Waals surface area contributed by atoms with E-state index in [4.69, 9.17) is 9.47 Å². The van der Waals surface area contributed by atoms with Crippen molar-refractivity contribution >= 4 is 18.0 Å². The number of nitrogens with one attached hydrogen (secondary N) is 1. The monoisotopic (exact) mass is 329 g/mol. The SMILES string of the molecule is C=C(CC[C@H](CC(=O)OC)NC(=O)OC(C)(C)C)C(=O)OCC. The standard InChI is InChI=1S/C16H27NO6/c1-7-22-14(19)11(2)8-9-12(10-13(18)21-6)17-15(20)23-16(3,4)5/h12H,2,7-10H2,1,3-6H3,(H,17,20)/t12-/m1/s1. The van der Waals surface area contributed by atoms with E-state index in [1.807, 2.05) is 0 Å². The first kappa shape index (κ1) is 20.9. The lowest BCUT2D eigenvalue weighted by Gasteiger charge is -2.23. The normalized spacial score (nSPS) is 12.0. The first-order valence-electron chi connectivity index (χ1n) is 7.50. The third-order valence-corrected chi connectivity index (χ3v) is 2.72. The van der Waals surface area contributed by atoms with Crippen molar-refractivity contribution in [3.8, 4) is 0 Å². The lowest BCUT2D eigenvalue weighted by molar-refractivity contribution is -0.141. The minimum absolute atomic E-state index is 0.0220. The lowest BCUT2D eigenvalue weighted by Crippen LogP contribution is -2.40. The topological polar surface area (TPSA) is 90.9 Å². The second kappa shape index (κ2) is 9.86. The van der Waals surface area contributed by atoms with Gasteiger partial charge in [-0.2, -0.15) is 0 Å². The maximum atomic E-state index is 11.8. The van der Waals surface area contributed by atoms with Crippen molar-refractivity contribution in [1.82, 2.24) is 5.32 Å². The molecule has 1 amide bonds. The van der Waals surface area contributed by atoms with Crippen LogP contribution in [-0.2, 0) is 23.8 Å². The molecule has 0 saturated carbocycles. The first-order chi connectivity index (χ1) is 10.6. The molecule has 7 heteroatoms. The van der Waals surface area contributed by atoms with E-state index in [2.05, 4.69) is 16.6 Å². The zero-order valence-corrected chi connectivity index (χ0v) is 14.6. The zero-order chi connectivity index (χ0) is 18.0. The maximum Gasteiger partial charge on any atom is 0.407 e. The lowest BCUT2D eigenvalue weighted by atomic mass is 10.0. The van der Waals surface area contributed by atoms with Crippen molar-refractivity contribution < 1.29 is 28.6 Å². The highest BCUT2D eigenvalue weighted by Gasteiger charge is 2.22. The Labute approximate surface area is 137 Å². The minimum atomic E-state index is -0.644. The summed E-state index contributed by atoms with van der Waals surface area (Å²) in [6.07, 6.45) is -0.0261. The maximum absolute atomic E-state index is 11.8. The predicted octanol–water partition coefficient (Wildman–Crippen LogP) is 2.34. The molecule has 1 atom stereocenters. The van der Waals surface area contributed by atoms with E-state index in [0.717, 1.165) is 0 Å². The second-order valence-corrected chi connectivity index (χ2v) is 5.99. The fourth-order valence-corrected chi connectivity index (χ4v) is 1.67. The van der Waals surface area contributed by atoms with Gasteiger partial charge in [-0.15, -0.1) is 0 Å². The summed E-state index contributed by atoms with van der Waals surface area (Å²) in [6.45, 7) is 10.8. The van der Waals surface area contributed by atoms with Crippen LogP contribution in [0.3, 0.4) is 0 Å². The van der Waals surface area contributed by atoms with Gasteiger partial charge in [-0.05, 0) is 40.5 Å². The number of amides is 1. The molecule has 0 spiro atoms. The molecule has 0 aliphatic rings. The molecule has 0 heterocycles. The molecule has 7 nitrogen and oxygen atoms in total. The molecule has 0 aromatic carbocycles. The molecule has 0 saturated heterocycles. The Balaban J connectivity index is 4.63. The highest BCUT2D eigenvalue weighted by atomic mass is 16.6. The van der Waals surface area contributed by atoms with Crippen LogP contribution in [0.1, 0.15) is 47.0 Å². The summed E-state index contributed by atoms with van der Waals surface area (Å²) < 4.78 is 14.6. The predicted molar refractivity (Wildman–Crippen MR) is 84.8 cm³/mol. The van der Waals surface area contributed by atoms with E-state index < -0.39 is 29.7 Å². The Morgan fingerprint density at radius 2 is 1.83 bits per heavy atom. The quantitative estimate of drug-likeness (QED) is 0.417. The summed E-state index contributed by atoms with van der Waals surface area (Å²) in [6, 6.07) is -0.525. The van der Waals surface area contributed by atoms with Crippen LogP contribution in [0.15, 0.2) is 12.2 Å². The van der Waals surface area contributed by atoms with Crippen LogP contribution in [0.5, 0.6) is 0 Å². The molecule has 0 rings (SSSR count). The van der Waals surface area contributed by atoms with Crippen molar-refractivity contribution in [2.75, 3.05) is 13.7 Å². The largest absolute Gasteiger partial charge is 0.469 e. The summed E-state index contributed by atoms with van der Waals surface area (Å²) in [5.41, 5.74) is -0.360. The zero-order valence-electron chi connectivity index (χ0n) is 14.6. The number of carbonyl (C=O) groups excluding carboxylic acids is 3. The smallest absolute Gasteiger partial charge is 0.407 e. The van der Waals surface area contributed by atoms with Gasteiger partial charge < -0.3 is 19.5 Å². The fraction of sp³-hybridized carbons (Fsp3) is 0.688. The number of carbonyl (C=O) groups is 3. The number of ether oxygens (including phenoxy) is 3. The number of methoxy groups -OCH3 is 1. The van der Waals surface area contributed by atoms with Gasteiger partial charge in [0.1, 0.15) is 5.60 Å². The highest BCUT2D eigenvalue weighted by molar-refractivity contribution is 5.87. The fourth-order valence-electron chi connectivity index (χ4n) is 1.67. The van der Waals surface area contributed by atoms with Crippen LogP contribution < -0.4 is 5.32 Å². The average Bonchev–Trinajstić information content (AvgIpc) is 2.42. The molecule has 0 aliphatic heterocycles. The molecule has 0 aromatic heterocycles. The Bertz CT molecular complexity index is 438. The van der Waals surface area contributed by atoms with E-state index in [1.54, 1.807) is 27.7 Å². The molecule has 0 bridgehead atoms. The molecule has 132 valence electrons. The van der Waals surface area contributed by atoms with Crippen molar-refractivity contribution in [2.45, 2.75) is 58.6 Å². The van der Waals surface area contributed by atoms with Gasteiger partial charge in [0.25, 0.3) is 0 Å².